The van der Waals surface area contributed by atoms with Crippen molar-refractivity contribution in [1.29, 1.82) is 0 Å². The van der Waals surface area contributed by atoms with Gasteiger partial charge in [-0.2, -0.15) is 0 Å². The highest BCUT2D eigenvalue weighted by atomic mass is 16.6. The Morgan fingerprint density at radius 1 is 1.06 bits per heavy atom. The maximum atomic E-state index is 11.0. The summed E-state index contributed by atoms with van der Waals surface area (Å²) in [5.74, 6) is -1.44. The lowest BCUT2D eigenvalue weighted by Crippen LogP contribution is -2.17. The highest BCUT2D eigenvalue weighted by molar-refractivity contribution is 5.70. The van der Waals surface area contributed by atoms with Crippen LogP contribution in [0.2, 0.25) is 0 Å². The average molecular weight is 234 g/mol. The number of aliphatic carboxylic acids is 1. The zero-order valence-corrected chi connectivity index (χ0v) is 9.44. The molecule has 0 aliphatic heterocycles. The monoisotopic (exact) mass is 234 g/mol. The molecule has 6 heteroatoms. The Hall–Kier alpha value is -1.14. The highest BCUT2D eigenvalue weighted by Crippen LogP contribution is 1.89. The summed E-state index contributed by atoms with van der Waals surface area (Å²) in [6.07, 6.45) is 1.81. The van der Waals surface area contributed by atoms with E-state index < -0.39 is 11.9 Å². The van der Waals surface area contributed by atoms with Crippen molar-refractivity contribution in [1.82, 2.24) is 0 Å². The zero-order chi connectivity index (χ0) is 12.2. The fraction of sp³-hybridized carbons (Fsp3) is 0.800. The predicted octanol–water partition coefficient (Wildman–Crippen LogP) is 0.447. The second kappa shape index (κ2) is 10.4. The van der Waals surface area contributed by atoms with Gasteiger partial charge in [-0.15, -0.1) is 0 Å². The van der Waals surface area contributed by atoms with Crippen molar-refractivity contribution in [2.24, 2.45) is 0 Å². The van der Waals surface area contributed by atoms with E-state index in [1.807, 2.05) is 6.92 Å². The van der Waals surface area contributed by atoms with Crippen molar-refractivity contribution in [2.75, 3.05) is 33.0 Å². The van der Waals surface area contributed by atoms with Gasteiger partial charge < -0.3 is 19.3 Å². The molecule has 0 spiro atoms. The summed E-state index contributed by atoms with van der Waals surface area (Å²) in [4.78, 5) is 21.0. The van der Waals surface area contributed by atoms with Gasteiger partial charge in [0.05, 0.1) is 19.8 Å². The molecule has 6 nitrogen and oxygen atoms in total. The fourth-order valence-corrected chi connectivity index (χ4v) is 0.805. The molecule has 0 aliphatic carbocycles. The van der Waals surface area contributed by atoms with E-state index in [4.69, 9.17) is 19.3 Å². The Morgan fingerprint density at radius 2 is 1.69 bits per heavy atom. The van der Waals surface area contributed by atoms with Gasteiger partial charge in [-0.05, 0) is 6.42 Å². The summed E-state index contributed by atoms with van der Waals surface area (Å²) in [7, 11) is 0. The summed E-state index contributed by atoms with van der Waals surface area (Å²) in [6, 6.07) is 0. The molecular weight excluding hydrogens is 216 g/mol. The van der Waals surface area contributed by atoms with Crippen LogP contribution in [0.5, 0.6) is 0 Å². The molecule has 0 amide bonds. The van der Waals surface area contributed by atoms with Crippen molar-refractivity contribution in [3.05, 3.63) is 0 Å². The minimum Gasteiger partial charge on any atom is -0.480 e. The molecule has 1 N–H and O–H groups in total. The van der Waals surface area contributed by atoms with E-state index in [2.05, 4.69) is 0 Å². The van der Waals surface area contributed by atoms with Crippen LogP contribution in [0.1, 0.15) is 19.8 Å². The lowest BCUT2D eigenvalue weighted by Gasteiger charge is -2.05. The van der Waals surface area contributed by atoms with Crippen LogP contribution in [0.25, 0.3) is 0 Å². The topological polar surface area (TPSA) is 82.1 Å². The molecule has 0 rings (SSSR count). The molecule has 0 fully saturated rings. The number of carboxylic acids is 1. The summed E-state index contributed by atoms with van der Waals surface area (Å²) < 4.78 is 14.4. The van der Waals surface area contributed by atoms with Crippen LogP contribution < -0.4 is 0 Å². The molecule has 94 valence electrons. The first kappa shape index (κ1) is 14.9. The van der Waals surface area contributed by atoms with Crippen molar-refractivity contribution in [2.45, 2.75) is 19.8 Å². The van der Waals surface area contributed by atoms with Crippen molar-refractivity contribution < 1.29 is 28.9 Å². The molecule has 0 saturated carbocycles. The number of carbonyl (C=O) groups is 2. The molecule has 0 radical (unpaired) electrons. The fourth-order valence-electron chi connectivity index (χ4n) is 0.805. The molecule has 0 saturated heterocycles. The molecule has 16 heavy (non-hydrogen) atoms. The normalized spacial score (nSPS) is 10.1. The third-order valence-corrected chi connectivity index (χ3v) is 1.58. The van der Waals surface area contributed by atoms with Crippen molar-refractivity contribution in [3.8, 4) is 0 Å². The Kier molecular flexibility index (Phi) is 9.64. The van der Waals surface area contributed by atoms with Crippen LogP contribution in [0, 0.1) is 0 Å². The molecule has 0 aromatic rings. The second-order valence-corrected chi connectivity index (χ2v) is 3.07. The number of carboxylic acid groups (broad SMARTS) is 1. The van der Waals surface area contributed by atoms with Crippen molar-refractivity contribution in [3.63, 3.8) is 0 Å². The van der Waals surface area contributed by atoms with Gasteiger partial charge in [0, 0.05) is 0 Å². The summed E-state index contributed by atoms with van der Waals surface area (Å²) >= 11 is 0. The SMILES string of the molecule is CCCCOC(=O)COCCOCC(=O)O. The average Bonchev–Trinajstić information content (AvgIpc) is 2.23. The second-order valence-electron chi connectivity index (χ2n) is 3.07. The van der Waals surface area contributed by atoms with Gasteiger partial charge in [-0.25, -0.2) is 9.59 Å². The number of rotatable bonds is 10. The van der Waals surface area contributed by atoms with Crippen LogP contribution in [0.15, 0.2) is 0 Å². The first-order valence-electron chi connectivity index (χ1n) is 5.19. The minimum absolute atomic E-state index is 0.125. The van der Waals surface area contributed by atoms with Gasteiger partial charge in [-0.1, -0.05) is 13.3 Å². The van der Waals surface area contributed by atoms with E-state index >= 15 is 0 Å². The molecule has 0 aliphatic rings. The third kappa shape index (κ3) is 10.9. The van der Waals surface area contributed by atoms with Gasteiger partial charge in [0.2, 0.25) is 0 Å². The lowest BCUT2D eigenvalue weighted by atomic mass is 10.4. The number of hydrogen-bond donors (Lipinski definition) is 1. The molecular formula is C10H18O6. The van der Waals surface area contributed by atoms with Crippen LogP contribution in [-0.2, 0) is 23.8 Å². The third-order valence-electron chi connectivity index (χ3n) is 1.58. The van der Waals surface area contributed by atoms with Gasteiger partial charge in [0.25, 0.3) is 0 Å². The number of esters is 1. The number of ether oxygens (including phenoxy) is 3. The first-order valence-corrected chi connectivity index (χ1v) is 5.19. The van der Waals surface area contributed by atoms with Gasteiger partial charge in [0.15, 0.2) is 0 Å². The molecule has 0 heterocycles. The quantitative estimate of drug-likeness (QED) is 0.436. The number of hydrogen-bond acceptors (Lipinski definition) is 5. The summed E-state index contributed by atoms with van der Waals surface area (Å²) in [5.41, 5.74) is 0. The Labute approximate surface area is 94.5 Å². The molecule has 0 aromatic carbocycles. The van der Waals surface area contributed by atoms with Gasteiger partial charge in [-0.3, -0.25) is 0 Å². The number of unbranched alkanes of at least 4 members (excludes halogenated alkanes) is 1. The van der Waals surface area contributed by atoms with Crippen LogP contribution in [-0.4, -0.2) is 50.1 Å². The largest absolute Gasteiger partial charge is 0.480 e. The van der Waals surface area contributed by atoms with E-state index in [9.17, 15) is 9.59 Å². The maximum Gasteiger partial charge on any atom is 0.332 e. The zero-order valence-electron chi connectivity index (χ0n) is 9.44. The maximum absolute atomic E-state index is 11.0. The lowest BCUT2D eigenvalue weighted by molar-refractivity contribution is -0.150. The smallest absolute Gasteiger partial charge is 0.332 e. The van der Waals surface area contributed by atoms with E-state index in [1.54, 1.807) is 0 Å². The standard InChI is InChI=1S/C10H18O6/c1-2-3-4-16-10(13)8-15-6-5-14-7-9(11)12/h2-8H2,1H3,(H,11,12). The van der Waals surface area contributed by atoms with E-state index in [0.29, 0.717) is 6.61 Å². The van der Waals surface area contributed by atoms with Gasteiger partial charge >= 0.3 is 11.9 Å². The van der Waals surface area contributed by atoms with Gasteiger partial charge in [0.1, 0.15) is 13.2 Å². The number of carbonyl (C=O) groups excluding carboxylic acids is 1. The Morgan fingerprint density at radius 3 is 2.25 bits per heavy atom. The Bertz CT molecular complexity index is 203. The predicted molar refractivity (Wildman–Crippen MR) is 55.1 cm³/mol. The van der Waals surface area contributed by atoms with E-state index in [0.717, 1.165) is 12.8 Å². The first-order chi connectivity index (χ1) is 7.66. The Balaban J connectivity index is 3.18. The van der Waals surface area contributed by atoms with E-state index in [1.165, 1.54) is 0 Å². The molecule has 0 aromatic heterocycles. The minimum atomic E-state index is -1.03. The van der Waals surface area contributed by atoms with Crippen LogP contribution >= 0.6 is 0 Å². The van der Waals surface area contributed by atoms with Crippen LogP contribution in [0.4, 0.5) is 0 Å². The van der Waals surface area contributed by atoms with Crippen molar-refractivity contribution >= 4 is 11.9 Å². The molecule has 0 bridgehead atoms. The highest BCUT2D eigenvalue weighted by Gasteiger charge is 2.02. The molecule has 0 unspecified atom stereocenters. The van der Waals surface area contributed by atoms with E-state index in [-0.39, 0.29) is 26.4 Å². The molecule has 0 atom stereocenters. The summed E-state index contributed by atoms with van der Waals surface area (Å²) in [6.45, 7) is 2.26. The summed E-state index contributed by atoms with van der Waals surface area (Å²) in [5, 5.41) is 8.24. The van der Waals surface area contributed by atoms with Crippen LogP contribution in [0.3, 0.4) is 0 Å².